The van der Waals surface area contributed by atoms with Crippen LogP contribution in [0.2, 0.25) is 0 Å². The van der Waals surface area contributed by atoms with Crippen LogP contribution in [-0.4, -0.2) is 33.5 Å². The zero-order valence-corrected chi connectivity index (χ0v) is 11.4. The van der Waals surface area contributed by atoms with Crippen LogP contribution in [0, 0.1) is 11.6 Å². The fourth-order valence-corrected chi connectivity index (χ4v) is 2.25. The number of rotatable bonds is 1. The number of hydrogen-bond acceptors (Lipinski definition) is 4. The number of carbonyl (C=O) groups is 1. The fraction of sp³-hybridized carbons (Fsp3) is 0.308. The number of aromatic nitrogens is 3. The average Bonchev–Trinajstić information content (AvgIpc) is 2.85. The minimum Gasteiger partial charge on any atom is -0.487 e. The summed E-state index contributed by atoms with van der Waals surface area (Å²) in [6.07, 6.45) is 0.981. The smallest absolute Gasteiger partial charge is 0.278 e. The molecule has 1 amide bonds. The zero-order valence-electron chi connectivity index (χ0n) is 11.4. The van der Waals surface area contributed by atoms with E-state index in [4.69, 9.17) is 4.74 Å². The first kappa shape index (κ1) is 13.5. The van der Waals surface area contributed by atoms with Crippen molar-refractivity contribution in [2.24, 2.45) is 7.05 Å². The molecule has 0 bridgehead atoms. The topological polar surface area (TPSA) is 60.2 Å². The molecule has 1 aliphatic rings. The van der Waals surface area contributed by atoms with Crippen molar-refractivity contribution in [2.45, 2.75) is 13.0 Å². The lowest BCUT2D eigenvalue weighted by molar-refractivity contribution is 0.0951. The Morgan fingerprint density at radius 2 is 2.10 bits per heavy atom. The standard InChI is InChI=1S/C13H12F2N4O2/c1-7-6-19(13(20)11-5-16-17-18(11)2)10-3-8(14)9(15)4-12(10)21-7/h3-5,7H,6H2,1-2H3. The molecular formula is C13H12F2N4O2. The maximum Gasteiger partial charge on any atom is 0.278 e. The second-order valence-corrected chi connectivity index (χ2v) is 4.82. The number of aryl methyl sites for hydroxylation is 1. The van der Waals surface area contributed by atoms with Crippen molar-refractivity contribution in [1.82, 2.24) is 15.0 Å². The van der Waals surface area contributed by atoms with E-state index in [-0.39, 0.29) is 29.8 Å². The van der Waals surface area contributed by atoms with Gasteiger partial charge in [0.15, 0.2) is 11.6 Å². The third-order valence-electron chi connectivity index (χ3n) is 3.24. The van der Waals surface area contributed by atoms with E-state index in [1.54, 1.807) is 14.0 Å². The molecule has 21 heavy (non-hydrogen) atoms. The van der Waals surface area contributed by atoms with E-state index in [1.165, 1.54) is 15.8 Å². The number of carbonyl (C=O) groups excluding carboxylic acids is 1. The largest absolute Gasteiger partial charge is 0.487 e. The van der Waals surface area contributed by atoms with Gasteiger partial charge >= 0.3 is 0 Å². The highest BCUT2D eigenvalue weighted by molar-refractivity contribution is 6.05. The van der Waals surface area contributed by atoms with E-state index in [0.29, 0.717) is 0 Å². The Bertz CT molecular complexity index is 716. The summed E-state index contributed by atoms with van der Waals surface area (Å²) < 4.78 is 33.6. The van der Waals surface area contributed by atoms with Gasteiger partial charge in [-0.05, 0) is 6.92 Å². The van der Waals surface area contributed by atoms with Crippen LogP contribution in [0.3, 0.4) is 0 Å². The molecule has 1 aliphatic heterocycles. The molecule has 0 spiro atoms. The quantitative estimate of drug-likeness (QED) is 0.800. The van der Waals surface area contributed by atoms with Gasteiger partial charge in [-0.15, -0.1) is 5.10 Å². The highest BCUT2D eigenvalue weighted by Gasteiger charge is 2.31. The molecule has 0 saturated heterocycles. The summed E-state index contributed by atoms with van der Waals surface area (Å²) in [7, 11) is 1.58. The van der Waals surface area contributed by atoms with Gasteiger partial charge in [-0.3, -0.25) is 9.69 Å². The minimum absolute atomic E-state index is 0.135. The third-order valence-corrected chi connectivity index (χ3v) is 3.24. The lowest BCUT2D eigenvalue weighted by Crippen LogP contribution is -2.43. The Balaban J connectivity index is 2.07. The molecule has 3 rings (SSSR count). The SMILES string of the molecule is CC1CN(C(=O)c2cnnn2C)c2cc(F)c(F)cc2O1. The highest BCUT2D eigenvalue weighted by Crippen LogP contribution is 2.36. The van der Waals surface area contributed by atoms with Crippen LogP contribution in [-0.2, 0) is 7.05 Å². The summed E-state index contributed by atoms with van der Waals surface area (Å²) in [5.41, 5.74) is 0.443. The van der Waals surface area contributed by atoms with E-state index >= 15 is 0 Å². The summed E-state index contributed by atoms with van der Waals surface area (Å²) in [6.45, 7) is 1.97. The van der Waals surface area contributed by atoms with E-state index < -0.39 is 17.5 Å². The number of nitrogens with zero attached hydrogens (tertiary/aromatic N) is 4. The van der Waals surface area contributed by atoms with Crippen molar-refractivity contribution < 1.29 is 18.3 Å². The lowest BCUT2D eigenvalue weighted by Gasteiger charge is -2.33. The summed E-state index contributed by atoms with van der Waals surface area (Å²) in [5.74, 6) is -2.31. The molecule has 0 radical (unpaired) electrons. The molecular weight excluding hydrogens is 282 g/mol. The fourth-order valence-electron chi connectivity index (χ4n) is 2.25. The predicted octanol–water partition coefficient (Wildman–Crippen LogP) is 1.52. The predicted molar refractivity (Wildman–Crippen MR) is 69.1 cm³/mol. The van der Waals surface area contributed by atoms with E-state index in [1.807, 2.05) is 0 Å². The molecule has 1 unspecified atom stereocenters. The molecule has 1 atom stereocenters. The van der Waals surface area contributed by atoms with Crippen molar-refractivity contribution in [1.29, 1.82) is 0 Å². The Hall–Kier alpha value is -2.51. The first-order valence-electron chi connectivity index (χ1n) is 6.29. The number of benzene rings is 1. The Labute approximate surface area is 118 Å². The van der Waals surface area contributed by atoms with Gasteiger partial charge in [-0.25, -0.2) is 13.5 Å². The Morgan fingerprint density at radius 1 is 1.38 bits per heavy atom. The molecule has 0 fully saturated rings. The maximum absolute atomic E-state index is 13.5. The van der Waals surface area contributed by atoms with Gasteiger partial charge in [-0.1, -0.05) is 5.21 Å². The number of anilines is 1. The van der Waals surface area contributed by atoms with Crippen LogP contribution in [0.1, 0.15) is 17.4 Å². The number of amides is 1. The summed E-state index contributed by atoms with van der Waals surface area (Å²) >= 11 is 0. The summed E-state index contributed by atoms with van der Waals surface area (Å²) in [5, 5.41) is 7.34. The molecule has 0 N–H and O–H groups in total. The van der Waals surface area contributed by atoms with Crippen LogP contribution in [0.25, 0.3) is 0 Å². The first-order chi connectivity index (χ1) is 9.97. The monoisotopic (exact) mass is 294 g/mol. The molecule has 2 aromatic rings. The number of fused-ring (bicyclic) bond motifs is 1. The van der Waals surface area contributed by atoms with E-state index in [2.05, 4.69) is 10.3 Å². The Morgan fingerprint density at radius 3 is 2.76 bits per heavy atom. The molecule has 2 heterocycles. The lowest BCUT2D eigenvalue weighted by atomic mass is 10.1. The van der Waals surface area contributed by atoms with Gasteiger partial charge < -0.3 is 4.74 Å². The van der Waals surface area contributed by atoms with Gasteiger partial charge in [-0.2, -0.15) is 0 Å². The number of hydrogen-bond donors (Lipinski definition) is 0. The first-order valence-corrected chi connectivity index (χ1v) is 6.29. The molecule has 8 heteroatoms. The van der Waals surface area contributed by atoms with Crippen LogP contribution in [0.5, 0.6) is 5.75 Å². The van der Waals surface area contributed by atoms with Gasteiger partial charge in [0.25, 0.3) is 5.91 Å². The second-order valence-electron chi connectivity index (χ2n) is 4.82. The van der Waals surface area contributed by atoms with Crippen molar-refractivity contribution >= 4 is 11.6 Å². The van der Waals surface area contributed by atoms with Crippen molar-refractivity contribution in [2.75, 3.05) is 11.4 Å². The van der Waals surface area contributed by atoms with Gasteiger partial charge in [0.2, 0.25) is 0 Å². The molecule has 1 aromatic carbocycles. The van der Waals surface area contributed by atoms with Crippen molar-refractivity contribution in [3.8, 4) is 5.75 Å². The average molecular weight is 294 g/mol. The zero-order chi connectivity index (χ0) is 15.1. The highest BCUT2D eigenvalue weighted by atomic mass is 19.2. The van der Waals surface area contributed by atoms with E-state index in [0.717, 1.165) is 12.1 Å². The second kappa shape index (κ2) is 4.80. The van der Waals surface area contributed by atoms with Gasteiger partial charge in [0.05, 0.1) is 18.4 Å². The minimum atomic E-state index is -1.03. The normalized spacial score (nSPS) is 17.3. The van der Waals surface area contributed by atoms with Crippen LogP contribution in [0.15, 0.2) is 18.3 Å². The van der Waals surface area contributed by atoms with Gasteiger partial charge in [0, 0.05) is 19.2 Å². The molecule has 1 aromatic heterocycles. The van der Waals surface area contributed by atoms with Gasteiger partial charge in [0.1, 0.15) is 17.5 Å². The molecule has 0 aliphatic carbocycles. The van der Waals surface area contributed by atoms with Crippen molar-refractivity contribution in [3.05, 3.63) is 35.7 Å². The van der Waals surface area contributed by atoms with Crippen LogP contribution in [0.4, 0.5) is 14.5 Å². The van der Waals surface area contributed by atoms with Crippen LogP contribution >= 0.6 is 0 Å². The van der Waals surface area contributed by atoms with Crippen LogP contribution < -0.4 is 9.64 Å². The number of ether oxygens (including phenoxy) is 1. The third kappa shape index (κ3) is 2.22. The van der Waals surface area contributed by atoms with Crippen molar-refractivity contribution in [3.63, 3.8) is 0 Å². The molecule has 110 valence electrons. The maximum atomic E-state index is 13.5. The summed E-state index contributed by atoms with van der Waals surface area (Å²) in [4.78, 5) is 13.9. The molecule has 6 nitrogen and oxygen atoms in total. The Kier molecular flexibility index (Phi) is 3.08. The van der Waals surface area contributed by atoms with E-state index in [9.17, 15) is 13.6 Å². The summed E-state index contributed by atoms with van der Waals surface area (Å²) in [6, 6.07) is 1.90. The molecule has 0 saturated carbocycles. The number of halogens is 2.